The molecule has 1 amide bonds. The Morgan fingerprint density at radius 3 is 2.54 bits per heavy atom. The van der Waals surface area contributed by atoms with Crippen molar-refractivity contribution in [3.8, 4) is 0 Å². The zero-order chi connectivity index (χ0) is 18.3. The minimum Gasteiger partial charge on any atom is -0.307 e. The van der Waals surface area contributed by atoms with Gasteiger partial charge in [-0.2, -0.15) is 10.2 Å². The Morgan fingerprint density at radius 2 is 2.04 bits per heavy atom. The van der Waals surface area contributed by atoms with Crippen LogP contribution < -0.4 is 9.96 Å². The predicted molar refractivity (Wildman–Crippen MR) is 100 cm³/mol. The van der Waals surface area contributed by atoms with E-state index < -0.39 is 0 Å². The van der Waals surface area contributed by atoms with Gasteiger partial charge in [0.2, 0.25) is 5.91 Å². The molecule has 24 heavy (non-hydrogen) atoms. The van der Waals surface area contributed by atoms with Gasteiger partial charge in [-0.25, -0.2) is 0 Å². The number of hydrogen-bond acceptors (Lipinski definition) is 5. The second-order valence-electron chi connectivity index (χ2n) is 6.26. The summed E-state index contributed by atoms with van der Waals surface area (Å²) in [5, 5.41) is 18.8. The molecule has 0 atom stereocenters. The van der Waals surface area contributed by atoms with Crippen LogP contribution in [0, 0.1) is 12.8 Å². The second-order valence-corrected chi connectivity index (χ2v) is 6.26. The van der Waals surface area contributed by atoms with Gasteiger partial charge in [0.25, 0.3) is 0 Å². The minimum absolute atomic E-state index is 0.00352. The lowest BCUT2D eigenvalue weighted by Gasteiger charge is -2.25. The number of amides is 1. The third-order valence-electron chi connectivity index (χ3n) is 3.54. The van der Waals surface area contributed by atoms with Crippen LogP contribution in [0.15, 0.2) is 28.4 Å². The second kappa shape index (κ2) is 9.17. The van der Waals surface area contributed by atoms with Crippen LogP contribution >= 0.6 is 0 Å². The summed E-state index contributed by atoms with van der Waals surface area (Å²) >= 11 is 0. The number of benzene rings is 1. The number of carbonyl (C=O) groups excluding carboxylic acids is 1. The summed E-state index contributed by atoms with van der Waals surface area (Å²) in [6.45, 7) is 13.9. The van der Waals surface area contributed by atoms with Crippen LogP contribution in [0.3, 0.4) is 0 Å². The molecule has 0 unspecified atom stereocenters. The van der Waals surface area contributed by atoms with E-state index in [1.165, 1.54) is 5.06 Å². The standard InChI is InChI=1S/C18H28N4O2/c1-7-18(23)21(12-15(5)20-19-6)16-8-9-17(14(4)10-16)22(24)11-13(2)3/h8-10,13,24H,6-7,11-12H2,1-5H3/b20-15-. The van der Waals surface area contributed by atoms with Crippen molar-refractivity contribution in [2.75, 3.05) is 23.1 Å². The van der Waals surface area contributed by atoms with E-state index in [1.54, 1.807) is 4.90 Å². The third kappa shape index (κ3) is 5.45. The molecule has 0 saturated heterocycles. The smallest absolute Gasteiger partial charge is 0.227 e. The maximum Gasteiger partial charge on any atom is 0.227 e. The Hall–Kier alpha value is -2.21. The van der Waals surface area contributed by atoms with Crippen molar-refractivity contribution < 1.29 is 10.0 Å². The van der Waals surface area contributed by atoms with Gasteiger partial charge >= 0.3 is 0 Å². The molecule has 0 radical (unpaired) electrons. The van der Waals surface area contributed by atoms with Gasteiger partial charge in [0.1, 0.15) is 0 Å². The molecule has 0 fully saturated rings. The van der Waals surface area contributed by atoms with Crippen LogP contribution in [0.2, 0.25) is 0 Å². The van der Waals surface area contributed by atoms with Crippen molar-refractivity contribution >= 4 is 29.7 Å². The van der Waals surface area contributed by atoms with Gasteiger partial charge in [0, 0.05) is 25.4 Å². The van der Waals surface area contributed by atoms with Crippen molar-refractivity contribution in [2.45, 2.75) is 41.0 Å². The number of hydroxylamine groups is 1. The molecule has 0 aliphatic carbocycles. The summed E-state index contributed by atoms with van der Waals surface area (Å²) in [5.41, 5.74) is 3.13. The highest BCUT2D eigenvalue weighted by Crippen LogP contribution is 2.26. The SMILES string of the molecule is C=N/N=C(/C)CN(C(=O)CC)c1ccc(N(O)CC(C)C)c(C)c1. The molecule has 1 aromatic rings. The number of hydrogen-bond donors (Lipinski definition) is 1. The minimum atomic E-state index is 0.00352. The lowest BCUT2D eigenvalue weighted by atomic mass is 10.1. The van der Waals surface area contributed by atoms with E-state index in [-0.39, 0.29) is 5.91 Å². The molecule has 0 spiro atoms. The molecule has 132 valence electrons. The largest absolute Gasteiger partial charge is 0.307 e. The third-order valence-corrected chi connectivity index (χ3v) is 3.54. The van der Waals surface area contributed by atoms with E-state index in [4.69, 9.17) is 0 Å². The molecule has 0 saturated carbocycles. The summed E-state index contributed by atoms with van der Waals surface area (Å²) in [5.74, 6) is 0.348. The van der Waals surface area contributed by atoms with Crippen molar-refractivity contribution in [3.63, 3.8) is 0 Å². The average molecular weight is 332 g/mol. The van der Waals surface area contributed by atoms with Gasteiger partial charge in [-0.15, -0.1) is 0 Å². The van der Waals surface area contributed by atoms with Crippen molar-refractivity contribution in [2.24, 2.45) is 16.1 Å². The summed E-state index contributed by atoms with van der Waals surface area (Å²) in [6.07, 6.45) is 0.398. The van der Waals surface area contributed by atoms with Gasteiger partial charge in [-0.1, -0.05) is 20.8 Å². The molecule has 6 nitrogen and oxygen atoms in total. The molecular formula is C18H28N4O2. The highest BCUT2D eigenvalue weighted by molar-refractivity contribution is 6.00. The molecule has 0 aromatic heterocycles. The van der Waals surface area contributed by atoms with E-state index in [9.17, 15) is 10.0 Å². The zero-order valence-electron chi connectivity index (χ0n) is 15.3. The average Bonchev–Trinajstić information content (AvgIpc) is 2.51. The van der Waals surface area contributed by atoms with Crippen LogP contribution in [0.25, 0.3) is 0 Å². The maximum atomic E-state index is 12.3. The van der Waals surface area contributed by atoms with Gasteiger partial charge < -0.3 is 4.90 Å². The van der Waals surface area contributed by atoms with E-state index in [0.717, 1.165) is 16.9 Å². The molecule has 0 aliphatic heterocycles. The fourth-order valence-electron chi connectivity index (χ4n) is 2.44. The molecule has 0 aliphatic rings. The van der Waals surface area contributed by atoms with Gasteiger partial charge in [0.05, 0.1) is 17.9 Å². The molecule has 0 bridgehead atoms. The van der Waals surface area contributed by atoms with Gasteiger partial charge in [-0.3, -0.25) is 15.1 Å². The maximum absolute atomic E-state index is 12.3. The topological polar surface area (TPSA) is 68.5 Å². The predicted octanol–water partition coefficient (Wildman–Crippen LogP) is 3.67. The van der Waals surface area contributed by atoms with E-state index in [1.807, 2.05) is 52.8 Å². The fraction of sp³-hybridized carbons (Fsp3) is 0.500. The van der Waals surface area contributed by atoms with E-state index >= 15 is 0 Å². The molecule has 1 rings (SSSR count). The van der Waals surface area contributed by atoms with Crippen LogP contribution in [0.5, 0.6) is 0 Å². The zero-order valence-corrected chi connectivity index (χ0v) is 15.3. The van der Waals surface area contributed by atoms with Crippen LogP contribution in [0.4, 0.5) is 11.4 Å². The summed E-state index contributed by atoms with van der Waals surface area (Å²) in [4.78, 5) is 14.0. The summed E-state index contributed by atoms with van der Waals surface area (Å²) < 4.78 is 0. The first-order chi connectivity index (χ1) is 11.3. The Morgan fingerprint density at radius 1 is 1.38 bits per heavy atom. The molecule has 6 heteroatoms. The lowest BCUT2D eigenvalue weighted by molar-refractivity contribution is -0.118. The number of carbonyl (C=O) groups is 1. The Kier molecular flexibility index (Phi) is 7.58. The quantitative estimate of drug-likeness (QED) is 0.583. The number of nitrogens with zero attached hydrogens (tertiary/aromatic N) is 4. The molecule has 1 aromatic carbocycles. The highest BCUT2D eigenvalue weighted by atomic mass is 16.5. The summed E-state index contributed by atoms with van der Waals surface area (Å²) in [6, 6.07) is 5.58. The van der Waals surface area contributed by atoms with Gasteiger partial charge in [-0.05, 0) is 43.5 Å². The fourth-order valence-corrected chi connectivity index (χ4v) is 2.44. The highest BCUT2D eigenvalue weighted by Gasteiger charge is 2.17. The Balaban J connectivity index is 3.12. The van der Waals surface area contributed by atoms with Crippen LogP contribution in [-0.2, 0) is 4.79 Å². The monoisotopic (exact) mass is 332 g/mol. The lowest BCUT2D eigenvalue weighted by Crippen LogP contribution is -2.34. The van der Waals surface area contributed by atoms with Crippen molar-refractivity contribution in [1.82, 2.24) is 0 Å². The Labute approximate surface area is 144 Å². The Bertz CT molecular complexity index is 611. The summed E-state index contributed by atoms with van der Waals surface area (Å²) in [7, 11) is 0. The van der Waals surface area contributed by atoms with E-state index in [2.05, 4.69) is 16.9 Å². The first kappa shape index (κ1) is 19.8. The number of aryl methyl sites for hydroxylation is 1. The van der Waals surface area contributed by atoms with Crippen molar-refractivity contribution in [3.05, 3.63) is 23.8 Å². The normalized spacial score (nSPS) is 11.5. The first-order valence-corrected chi connectivity index (χ1v) is 8.16. The van der Waals surface area contributed by atoms with Gasteiger partial charge in [0.15, 0.2) is 0 Å². The van der Waals surface area contributed by atoms with E-state index in [0.29, 0.717) is 31.1 Å². The molecular weight excluding hydrogens is 304 g/mol. The molecule has 0 heterocycles. The van der Waals surface area contributed by atoms with Crippen LogP contribution in [0.1, 0.15) is 39.7 Å². The van der Waals surface area contributed by atoms with Crippen molar-refractivity contribution in [1.29, 1.82) is 0 Å². The number of rotatable bonds is 8. The van der Waals surface area contributed by atoms with Crippen LogP contribution in [-0.4, -0.2) is 36.6 Å². The molecule has 1 N–H and O–H groups in total. The first-order valence-electron chi connectivity index (χ1n) is 8.16. The number of anilines is 2.